The summed E-state index contributed by atoms with van der Waals surface area (Å²) in [4.78, 5) is 3.39. The van der Waals surface area contributed by atoms with Crippen LogP contribution in [0, 0.1) is 5.95 Å². The third-order valence-corrected chi connectivity index (χ3v) is 3.71. The lowest BCUT2D eigenvalue weighted by molar-refractivity contribution is 0.317. The Bertz CT molecular complexity index is 433. The van der Waals surface area contributed by atoms with Gasteiger partial charge in [0.25, 0.3) is 5.95 Å². The van der Waals surface area contributed by atoms with Crippen LogP contribution in [0.1, 0.15) is 13.3 Å². The van der Waals surface area contributed by atoms with E-state index in [4.69, 9.17) is 4.74 Å². The van der Waals surface area contributed by atoms with Gasteiger partial charge in [-0.3, -0.25) is 0 Å². The summed E-state index contributed by atoms with van der Waals surface area (Å²) >= 11 is 0. The average Bonchev–Trinajstić information content (AvgIpc) is 2.20. The van der Waals surface area contributed by atoms with E-state index in [-0.39, 0.29) is 23.9 Å². The summed E-state index contributed by atoms with van der Waals surface area (Å²) in [7, 11) is -3.08. The predicted molar refractivity (Wildman–Crippen MR) is 58.6 cm³/mol. The summed E-state index contributed by atoms with van der Waals surface area (Å²) in [6.45, 7) is 1.74. The van der Waals surface area contributed by atoms with Gasteiger partial charge < -0.3 is 4.74 Å². The van der Waals surface area contributed by atoms with E-state index >= 15 is 0 Å². The molecule has 16 heavy (non-hydrogen) atoms. The Hall–Kier alpha value is -1.17. The first-order chi connectivity index (χ1) is 7.55. The van der Waals surface area contributed by atoms with Crippen LogP contribution < -0.4 is 4.74 Å². The van der Waals surface area contributed by atoms with E-state index in [1.54, 1.807) is 6.92 Å². The molecule has 0 bridgehead atoms. The van der Waals surface area contributed by atoms with Crippen molar-refractivity contribution in [3.8, 4) is 5.75 Å². The molecule has 1 rings (SSSR count). The molecule has 0 spiro atoms. The second-order valence-electron chi connectivity index (χ2n) is 3.29. The lowest BCUT2D eigenvalue weighted by Gasteiger charge is -2.06. The molecule has 4 nitrogen and oxygen atoms in total. The van der Waals surface area contributed by atoms with Gasteiger partial charge in [0.1, 0.15) is 6.61 Å². The quantitative estimate of drug-likeness (QED) is 0.713. The van der Waals surface area contributed by atoms with E-state index in [2.05, 4.69) is 4.98 Å². The second kappa shape index (κ2) is 5.79. The van der Waals surface area contributed by atoms with Gasteiger partial charge in [-0.05, 0) is 18.6 Å². The molecule has 0 aliphatic rings. The molecule has 0 saturated heterocycles. The molecule has 6 heteroatoms. The van der Waals surface area contributed by atoms with E-state index in [1.807, 2.05) is 0 Å². The molecular weight excluding hydrogens is 233 g/mol. The summed E-state index contributed by atoms with van der Waals surface area (Å²) in [5.74, 6) is -0.717. The monoisotopic (exact) mass is 247 g/mol. The zero-order valence-electron chi connectivity index (χ0n) is 9.02. The largest absolute Gasteiger partial charge is 0.488 e. The lowest BCUT2D eigenvalue weighted by atomic mass is 10.4. The number of hydrogen-bond donors (Lipinski definition) is 0. The molecule has 0 aliphatic carbocycles. The first-order valence-electron chi connectivity index (χ1n) is 4.99. The number of nitrogens with zero attached hydrogens (tertiary/aromatic N) is 1. The highest BCUT2D eigenvalue weighted by atomic mass is 32.2. The Labute approximate surface area is 94.4 Å². The van der Waals surface area contributed by atoms with E-state index in [9.17, 15) is 12.8 Å². The fourth-order valence-electron chi connectivity index (χ4n) is 1.17. The number of pyridine rings is 1. The van der Waals surface area contributed by atoms with Gasteiger partial charge in [-0.1, -0.05) is 6.92 Å². The minimum absolute atomic E-state index is 0.0193. The highest BCUT2D eigenvalue weighted by Gasteiger charge is 2.10. The summed E-state index contributed by atoms with van der Waals surface area (Å²) < 4.78 is 40.6. The maximum absolute atomic E-state index is 13.0. The zero-order valence-corrected chi connectivity index (χ0v) is 9.84. The summed E-state index contributed by atoms with van der Waals surface area (Å²) in [5.41, 5.74) is 0. The van der Waals surface area contributed by atoms with E-state index in [0.29, 0.717) is 6.42 Å². The molecule has 0 fully saturated rings. The molecule has 1 heterocycles. The number of halogens is 1. The van der Waals surface area contributed by atoms with Crippen molar-refractivity contribution >= 4 is 9.84 Å². The smallest absolute Gasteiger partial charge is 0.255 e. The first kappa shape index (κ1) is 12.9. The maximum atomic E-state index is 13.0. The first-order valence-corrected chi connectivity index (χ1v) is 6.81. The normalized spacial score (nSPS) is 11.4. The van der Waals surface area contributed by atoms with Crippen molar-refractivity contribution in [2.24, 2.45) is 0 Å². The molecule has 0 saturated carbocycles. The summed E-state index contributed by atoms with van der Waals surface area (Å²) in [6.07, 6.45) is 1.87. The lowest BCUT2D eigenvalue weighted by Crippen LogP contribution is -2.17. The Morgan fingerprint density at radius 1 is 1.44 bits per heavy atom. The van der Waals surface area contributed by atoms with Crippen LogP contribution in [0.15, 0.2) is 18.3 Å². The minimum atomic E-state index is -3.08. The molecule has 90 valence electrons. The van der Waals surface area contributed by atoms with Gasteiger partial charge in [0, 0.05) is 6.20 Å². The number of sulfone groups is 1. The number of aromatic nitrogens is 1. The van der Waals surface area contributed by atoms with Gasteiger partial charge in [0.05, 0.1) is 11.5 Å². The summed E-state index contributed by atoms with van der Waals surface area (Å²) in [5, 5.41) is 0. The van der Waals surface area contributed by atoms with E-state index in [1.165, 1.54) is 18.3 Å². The number of hydrogen-bond acceptors (Lipinski definition) is 4. The molecule has 0 radical (unpaired) electrons. The fraction of sp³-hybridized carbons (Fsp3) is 0.500. The molecule has 1 aromatic heterocycles. The standard InChI is InChI=1S/C10H14FNO3S/c1-2-7-16(13,14)8-6-15-9-4-3-5-12-10(9)11/h3-5H,2,6-8H2,1H3. The van der Waals surface area contributed by atoms with Gasteiger partial charge in [-0.2, -0.15) is 4.39 Å². The molecule has 0 aromatic carbocycles. The highest BCUT2D eigenvalue weighted by molar-refractivity contribution is 7.91. The maximum Gasteiger partial charge on any atom is 0.255 e. The number of rotatable bonds is 6. The van der Waals surface area contributed by atoms with Crippen LogP contribution >= 0.6 is 0 Å². The molecule has 1 aromatic rings. The second-order valence-corrected chi connectivity index (χ2v) is 5.60. The average molecular weight is 247 g/mol. The van der Waals surface area contributed by atoms with Crippen LogP contribution in [-0.4, -0.2) is 31.5 Å². The van der Waals surface area contributed by atoms with Crippen LogP contribution in [-0.2, 0) is 9.84 Å². The van der Waals surface area contributed by atoms with Crippen molar-refractivity contribution in [1.29, 1.82) is 0 Å². The molecule has 0 aliphatic heterocycles. The van der Waals surface area contributed by atoms with Crippen molar-refractivity contribution in [2.75, 3.05) is 18.1 Å². The van der Waals surface area contributed by atoms with E-state index < -0.39 is 15.8 Å². The molecule has 0 atom stereocenters. The van der Waals surface area contributed by atoms with Gasteiger partial charge >= 0.3 is 0 Å². The minimum Gasteiger partial charge on any atom is -0.488 e. The zero-order chi connectivity index (χ0) is 12.0. The van der Waals surface area contributed by atoms with Gasteiger partial charge in [-0.15, -0.1) is 0 Å². The topological polar surface area (TPSA) is 56.3 Å². The Morgan fingerprint density at radius 3 is 2.81 bits per heavy atom. The van der Waals surface area contributed by atoms with Gasteiger partial charge in [-0.25, -0.2) is 13.4 Å². The van der Waals surface area contributed by atoms with Crippen molar-refractivity contribution in [3.05, 3.63) is 24.3 Å². The van der Waals surface area contributed by atoms with E-state index in [0.717, 1.165) is 0 Å². The van der Waals surface area contributed by atoms with Crippen LogP contribution in [0.25, 0.3) is 0 Å². The van der Waals surface area contributed by atoms with Gasteiger partial charge in [0.15, 0.2) is 15.6 Å². The summed E-state index contributed by atoms with van der Waals surface area (Å²) in [6, 6.07) is 2.94. The Morgan fingerprint density at radius 2 is 2.19 bits per heavy atom. The molecule has 0 amide bonds. The molecule has 0 N–H and O–H groups in total. The van der Waals surface area contributed by atoms with Crippen LogP contribution in [0.2, 0.25) is 0 Å². The van der Waals surface area contributed by atoms with Gasteiger partial charge in [0.2, 0.25) is 0 Å². The van der Waals surface area contributed by atoms with Crippen molar-refractivity contribution in [1.82, 2.24) is 4.98 Å². The third-order valence-electron chi connectivity index (χ3n) is 1.89. The highest BCUT2D eigenvalue weighted by Crippen LogP contribution is 2.12. The van der Waals surface area contributed by atoms with Crippen LogP contribution in [0.4, 0.5) is 4.39 Å². The predicted octanol–water partition coefficient (Wildman–Crippen LogP) is 1.42. The van der Waals surface area contributed by atoms with Crippen LogP contribution in [0.5, 0.6) is 5.75 Å². The van der Waals surface area contributed by atoms with Crippen molar-refractivity contribution in [2.45, 2.75) is 13.3 Å². The molecular formula is C10H14FNO3S. The Balaban J connectivity index is 2.45. The number of ether oxygens (including phenoxy) is 1. The molecule has 0 unspecified atom stereocenters. The third kappa shape index (κ3) is 4.14. The van der Waals surface area contributed by atoms with Crippen LogP contribution in [0.3, 0.4) is 0 Å². The van der Waals surface area contributed by atoms with Crippen molar-refractivity contribution < 1.29 is 17.5 Å². The Kier molecular flexibility index (Phi) is 4.67. The fourth-order valence-corrected chi connectivity index (χ4v) is 2.33. The van der Waals surface area contributed by atoms with Crippen molar-refractivity contribution in [3.63, 3.8) is 0 Å². The SMILES string of the molecule is CCCS(=O)(=O)CCOc1cccnc1F.